The number of rotatable bonds is 8. The van der Waals surface area contributed by atoms with Crippen LogP contribution < -0.4 is 16.2 Å². The number of carbonyl (C=O) groups is 2. The Kier molecular flexibility index (Phi) is 8.21. The maximum Gasteiger partial charge on any atom is 0.270 e. The SMILES string of the molecule is CC(C)n1cc(-c2ccc3c(c2)[C@@H](C(NC(=O)c2ccnn2C)C(=O)Nc2ccc(-c4cncn4C)cc2)CCC3)ccc1=O. The molecule has 1 aliphatic rings. The van der Waals surface area contributed by atoms with E-state index in [1.807, 2.05) is 62.0 Å². The van der Waals surface area contributed by atoms with E-state index >= 15 is 0 Å². The molecule has 2 amide bonds. The lowest BCUT2D eigenvalue weighted by atomic mass is 9.77. The molecule has 10 nitrogen and oxygen atoms in total. The second-order valence-electron chi connectivity index (χ2n) is 11.9. The van der Waals surface area contributed by atoms with Crippen LogP contribution in [0.5, 0.6) is 0 Å². The maximum atomic E-state index is 14.1. The van der Waals surface area contributed by atoms with E-state index in [0.29, 0.717) is 11.4 Å². The Hall–Kier alpha value is -5.25. The Balaban J connectivity index is 1.34. The first kappa shape index (κ1) is 29.8. The number of fused-ring (bicyclic) bond motifs is 1. The predicted molar refractivity (Wildman–Crippen MR) is 174 cm³/mol. The Morgan fingerprint density at radius 2 is 1.71 bits per heavy atom. The molecule has 10 heteroatoms. The van der Waals surface area contributed by atoms with Crippen molar-refractivity contribution in [1.29, 1.82) is 0 Å². The lowest BCUT2D eigenvalue weighted by Crippen LogP contribution is -2.48. The zero-order valence-electron chi connectivity index (χ0n) is 25.9. The van der Waals surface area contributed by atoms with E-state index in [0.717, 1.165) is 52.8 Å². The fourth-order valence-corrected chi connectivity index (χ4v) is 6.18. The normalized spacial score (nSPS) is 15.0. The topological polar surface area (TPSA) is 116 Å². The lowest BCUT2D eigenvalue weighted by Gasteiger charge is -2.32. The van der Waals surface area contributed by atoms with Crippen LogP contribution in [0.3, 0.4) is 0 Å². The van der Waals surface area contributed by atoms with Gasteiger partial charge < -0.3 is 19.8 Å². The molecular weight excluding hydrogens is 566 g/mol. The molecule has 5 aromatic rings. The Bertz CT molecular complexity index is 1920. The molecule has 45 heavy (non-hydrogen) atoms. The summed E-state index contributed by atoms with van der Waals surface area (Å²) in [6.45, 7) is 3.96. The first-order valence-electron chi connectivity index (χ1n) is 15.2. The van der Waals surface area contributed by atoms with Crippen molar-refractivity contribution < 1.29 is 9.59 Å². The molecule has 0 fully saturated rings. The summed E-state index contributed by atoms with van der Waals surface area (Å²) in [4.78, 5) is 44.2. The number of nitrogens with zero attached hydrogens (tertiary/aromatic N) is 5. The highest BCUT2D eigenvalue weighted by Crippen LogP contribution is 2.37. The molecule has 0 bridgehead atoms. The van der Waals surface area contributed by atoms with Gasteiger partial charge in [-0.25, -0.2) is 4.98 Å². The molecule has 230 valence electrons. The highest BCUT2D eigenvalue weighted by Gasteiger charge is 2.35. The van der Waals surface area contributed by atoms with Crippen LogP contribution in [0.1, 0.15) is 60.3 Å². The number of imidazole rings is 1. The molecule has 1 aliphatic carbocycles. The first-order valence-corrected chi connectivity index (χ1v) is 15.2. The van der Waals surface area contributed by atoms with E-state index in [1.165, 1.54) is 4.68 Å². The monoisotopic (exact) mass is 603 g/mol. The minimum absolute atomic E-state index is 0.0244. The average Bonchev–Trinajstić information content (AvgIpc) is 3.67. The summed E-state index contributed by atoms with van der Waals surface area (Å²) in [5.41, 5.74) is 6.95. The second-order valence-corrected chi connectivity index (χ2v) is 11.9. The van der Waals surface area contributed by atoms with Crippen LogP contribution in [-0.2, 0) is 25.3 Å². The van der Waals surface area contributed by atoms with Gasteiger partial charge in [0.05, 0.1) is 18.2 Å². The van der Waals surface area contributed by atoms with Crippen molar-refractivity contribution in [3.63, 3.8) is 0 Å². The van der Waals surface area contributed by atoms with Crippen LogP contribution in [0.2, 0.25) is 0 Å². The molecule has 3 aromatic heterocycles. The van der Waals surface area contributed by atoms with Crippen molar-refractivity contribution in [2.45, 2.75) is 51.1 Å². The summed E-state index contributed by atoms with van der Waals surface area (Å²) in [6.07, 6.45) is 9.49. The van der Waals surface area contributed by atoms with Crippen molar-refractivity contribution in [1.82, 2.24) is 29.2 Å². The third-order valence-electron chi connectivity index (χ3n) is 8.62. The van der Waals surface area contributed by atoms with Gasteiger partial charge in [-0.1, -0.05) is 30.3 Å². The van der Waals surface area contributed by atoms with Crippen LogP contribution in [0.25, 0.3) is 22.4 Å². The number of amides is 2. The van der Waals surface area contributed by atoms with Crippen molar-refractivity contribution in [2.75, 3.05) is 5.32 Å². The van der Waals surface area contributed by atoms with Crippen molar-refractivity contribution in [2.24, 2.45) is 14.1 Å². The molecule has 0 saturated heterocycles. The molecule has 0 radical (unpaired) electrons. The Morgan fingerprint density at radius 3 is 2.40 bits per heavy atom. The summed E-state index contributed by atoms with van der Waals surface area (Å²) in [5, 5.41) is 10.2. The molecule has 0 saturated carbocycles. The lowest BCUT2D eigenvalue weighted by molar-refractivity contribution is -0.118. The number of aryl methyl sites for hydroxylation is 3. The molecular formula is C35H37N7O3. The highest BCUT2D eigenvalue weighted by molar-refractivity contribution is 6.01. The third kappa shape index (κ3) is 6.08. The standard InChI is InChI=1S/C35H37N7O3/c1-22(2)42-20-26(12-15-32(42)43)25-9-8-23-6-5-7-28(29(23)18-25)33(39-34(44)30-16-17-37-41(30)4)35(45)38-27-13-10-24(11-14-27)31-19-36-21-40(31)3/h8-22,28,33H,5-7H2,1-4H3,(H,38,45)(H,39,44)/t28-,33?/m0/s1. The van der Waals surface area contributed by atoms with E-state index in [4.69, 9.17) is 0 Å². The molecule has 6 rings (SSSR count). The molecule has 3 heterocycles. The number of aromatic nitrogens is 5. The summed E-state index contributed by atoms with van der Waals surface area (Å²) >= 11 is 0. The molecule has 0 spiro atoms. The van der Waals surface area contributed by atoms with Gasteiger partial charge in [-0.05, 0) is 85.2 Å². The average molecular weight is 604 g/mol. The van der Waals surface area contributed by atoms with Crippen LogP contribution in [0.4, 0.5) is 5.69 Å². The zero-order chi connectivity index (χ0) is 31.7. The fraction of sp³-hybridized carbons (Fsp3) is 0.286. The summed E-state index contributed by atoms with van der Waals surface area (Å²) in [5.74, 6) is -0.931. The number of pyridine rings is 1. The van der Waals surface area contributed by atoms with Crippen molar-refractivity contribution in [3.8, 4) is 22.4 Å². The van der Waals surface area contributed by atoms with Gasteiger partial charge in [0.15, 0.2) is 0 Å². The van der Waals surface area contributed by atoms with Crippen LogP contribution >= 0.6 is 0 Å². The van der Waals surface area contributed by atoms with E-state index in [2.05, 4.69) is 38.9 Å². The van der Waals surface area contributed by atoms with Gasteiger partial charge in [0.2, 0.25) is 5.91 Å². The van der Waals surface area contributed by atoms with E-state index in [-0.39, 0.29) is 29.3 Å². The van der Waals surface area contributed by atoms with Crippen molar-refractivity contribution >= 4 is 17.5 Å². The third-order valence-corrected chi connectivity index (χ3v) is 8.62. The van der Waals surface area contributed by atoms with Gasteiger partial charge in [0.1, 0.15) is 11.7 Å². The van der Waals surface area contributed by atoms with E-state index < -0.39 is 6.04 Å². The Labute approximate surface area is 261 Å². The summed E-state index contributed by atoms with van der Waals surface area (Å²) < 4.78 is 5.15. The second kappa shape index (κ2) is 12.4. The van der Waals surface area contributed by atoms with Gasteiger partial charge in [0, 0.05) is 50.2 Å². The molecule has 2 aromatic carbocycles. The number of anilines is 1. The zero-order valence-corrected chi connectivity index (χ0v) is 25.9. The van der Waals surface area contributed by atoms with Crippen LogP contribution in [-0.4, -0.2) is 41.8 Å². The first-order chi connectivity index (χ1) is 21.7. The van der Waals surface area contributed by atoms with Gasteiger partial charge in [0.25, 0.3) is 11.5 Å². The van der Waals surface area contributed by atoms with Crippen molar-refractivity contribution in [3.05, 3.63) is 113 Å². The minimum Gasteiger partial charge on any atom is -0.338 e. The van der Waals surface area contributed by atoms with Gasteiger partial charge >= 0.3 is 0 Å². The smallest absolute Gasteiger partial charge is 0.270 e. The number of hydrogen-bond donors (Lipinski definition) is 2. The van der Waals surface area contributed by atoms with Gasteiger partial charge in [-0.2, -0.15) is 5.10 Å². The Morgan fingerprint density at radius 1 is 0.956 bits per heavy atom. The predicted octanol–water partition coefficient (Wildman–Crippen LogP) is 5.09. The van der Waals surface area contributed by atoms with E-state index in [9.17, 15) is 14.4 Å². The fourth-order valence-electron chi connectivity index (χ4n) is 6.18. The summed E-state index contributed by atoms with van der Waals surface area (Å²) in [7, 11) is 3.63. The molecule has 1 unspecified atom stereocenters. The molecule has 2 N–H and O–H groups in total. The van der Waals surface area contributed by atoms with Gasteiger partial charge in [-0.15, -0.1) is 0 Å². The quantitative estimate of drug-likeness (QED) is 0.257. The minimum atomic E-state index is -0.844. The number of carbonyl (C=O) groups excluding carboxylic acids is 2. The van der Waals surface area contributed by atoms with Crippen LogP contribution in [0.15, 0.2) is 90.4 Å². The number of benzene rings is 2. The number of hydrogen-bond acceptors (Lipinski definition) is 5. The van der Waals surface area contributed by atoms with Gasteiger partial charge in [-0.3, -0.25) is 19.1 Å². The van der Waals surface area contributed by atoms with Crippen LogP contribution in [0, 0.1) is 0 Å². The summed E-state index contributed by atoms with van der Waals surface area (Å²) in [6, 6.07) is 18.1. The maximum absolute atomic E-state index is 14.1. The highest BCUT2D eigenvalue weighted by atomic mass is 16.2. The largest absolute Gasteiger partial charge is 0.338 e. The molecule has 2 atom stereocenters. The van der Waals surface area contributed by atoms with E-state index in [1.54, 1.807) is 42.5 Å². The number of nitrogens with one attached hydrogen (secondary N) is 2. The molecule has 0 aliphatic heterocycles.